The van der Waals surface area contributed by atoms with Crippen LogP contribution in [0.15, 0.2) is 24.3 Å². The molecular weight excluding hydrogens is 508 g/mol. The number of rotatable bonds is 5. The minimum absolute atomic E-state index is 0.102. The van der Waals surface area contributed by atoms with E-state index in [1.165, 1.54) is 0 Å². The molecule has 2 heterocycles. The molecule has 1 fully saturated rings. The van der Waals surface area contributed by atoms with E-state index < -0.39 is 29.3 Å². The van der Waals surface area contributed by atoms with Crippen LogP contribution in [0.5, 0.6) is 0 Å². The number of aromatic nitrogens is 1. The smallest absolute Gasteiger partial charge is 0.324 e. The van der Waals surface area contributed by atoms with Crippen molar-refractivity contribution in [3.63, 3.8) is 0 Å². The van der Waals surface area contributed by atoms with Gasteiger partial charge in [-0.15, -0.1) is 0 Å². The highest BCUT2D eigenvalue weighted by atomic mass is 32.1. The molecule has 37 heavy (non-hydrogen) atoms. The van der Waals surface area contributed by atoms with Crippen LogP contribution in [0.25, 0.3) is 10.2 Å². The van der Waals surface area contributed by atoms with Gasteiger partial charge in [0.05, 0.1) is 15.9 Å². The summed E-state index contributed by atoms with van der Waals surface area (Å²) in [5, 5.41) is 11.8. The Hall–Kier alpha value is -2.92. The molecule has 4 rings (SSSR count). The van der Waals surface area contributed by atoms with Crippen molar-refractivity contribution in [2.75, 3.05) is 36.5 Å². The number of hydrogen-bond donors (Lipinski definition) is 2. The molecule has 1 aromatic heterocycles. The van der Waals surface area contributed by atoms with E-state index in [1.807, 2.05) is 27.7 Å². The Bertz CT molecular complexity index is 1150. The molecule has 204 valence electrons. The Kier molecular flexibility index (Phi) is 11.6. The minimum atomic E-state index is -1.01. The molecule has 2 aromatic carbocycles. The summed E-state index contributed by atoms with van der Waals surface area (Å²) in [4.78, 5) is 20.1. The Balaban J connectivity index is 0.00000115. The average Bonchev–Trinajstić information content (AvgIpc) is 3.27. The predicted octanol–water partition coefficient (Wildman–Crippen LogP) is 6.57. The number of hydrogen-bond acceptors (Lipinski definition) is 5. The molecule has 0 spiro atoms. The zero-order valence-corrected chi connectivity index (χ0v) is 22.6. The van der Waals surface area contributed by atoms with Gasteiger partial charge in [-0.2, -0.15) is 0 Å². The summed E-state index contributed by atoms with van der Waals surface area (Å²) in [5.74, 6) is -3.08. The fraction of sp³-hybridized carbons (Fsp3) is 0.462. The zero-order valence-electron chi connectivity index (χ0n) is 21.7. The van der Waals surface area contributed by atoms with Crippen molar-refractivity contribution < 1.29 is 27.5 Å². The first-order chi connectivity index (χ1) is 17.8. The van der Waals surface area contributed by atoms with Gasteiger partial charge in [-0.1, -0.05) is 39.0 Å². The second-order valence-corrected chi connectivity index (χ2v) is 8.92. The van der Waals surface area contributed by atoms with Crippen molar-refractivity contribution in [2.24, 2.45) is 0 Å². The van der Waals surface area contributed by atoms with Gasteiger partial charge in [0.25, 0.3) is 0 Å². The van der Waals surface area contributed by atoms with Gasteiger partial charge < -0.3 is 14.9 Å². The van der Waals surface area contributed by atoms with Crippen LogP contribution in [0.1, 0.15) is 46.6 Å². The van der Waals surface area contributed by atoms with Gasteiger partial charge in [-0.25, -0.2) is 27.3 Å². The van der Waals surface area contributed by atoms with E-state index in [1.54, 1.807) is 16.7 Å². The summed E-state index contributed by atoms with van der Waals surface area (Å²) in [6.45, 7) is 10.5. The number of carbonyl (C=O) groups excluding carboxylic acids is 1. The van der Waals surface area contributed by atoms with E-state index in [9.17, 15) is 22.4 Å². The number of piperazine rings is 1. The van der Waals surface area contributed by atoms with Gasteiger partial charge >= 0.3 is 6.03 Å². The Morgan fingerprint density at radius 3 is 2.35 bits per heavy atom. The highest BCUT2D eigenvalue weighted by Gasteiger charge is 2.29. The lowest BCUT2D eigenvalue weighted by molar-refractivity contribution is 0.184. The molecule has 0 radical (unpaired) electrons. The van der Waals surface area contributed by atoms with Crippen molar-refractivity contribution >= 4 is 38.4 Å². The molecule has 2 amide bonds. The maximum atomic E-state index is 14.6. The molecule has 6 nitrogen and oxygen atoms in total. The zero-order chi connectivity index (χ0) is 27.7. The number of amides is 2. The largest absolute Gasteiger partial charge is 0.396 e. The minimum Gasteiger partial charge on any atom is -0.396 e. The van der Waals surface area contributed by atoms with Crippen LogP contribution >= 0.6 is 11.3 Å². The predicted molar refractivity (Wildman–Crippen MR) is 141 cm³/mol. The SMILES string of the molecule is CC.CC.C[C@H]1CN(c2cc(F)c(CCCO)cc2F)CCN1C(=O)Nc1nc2cc(F)c(F)cc2s1. The first kappa shape index (κ1) is 30.3. The fourth-order valence-electron chi connectivity index (χ4n) is 3.90. The van der Waals surface area contributed by atoms with Gasteiger partial charge in [0.2, 0.25) is 0 Å². The quantitative estimate of drug-likeness (QED) is 0.358. The van der Waals surface area contributed by atoms with Crippen molar-refractivity contribution in [1.82, 2.24) is 9.88 Å². The first-order valence-electron chi connectivity index (χ1n) is 12.4. The molecule has 1 aliphatic rings. The molecule has 0 unspecified atom stereocenters. The summed E-state index contributed by atoms with van der Waals surface area (Å²) >= 11 is 1.03. The standard InChI is InChI=1S/C22H22F4N4O2S.2C2H6/c1-12-11-29(19-9-14(23)13(3-2-6-31)7-17(19)26)4-5-30(12)22(32)28-21-27-18-8-15(24)16(25)10-20(18)33-21;2*1-2/h7-10,12,31H,2-6,11H2,1H3,(H,27,28,32);2*1-2H3/t12-;;/m0../s1. The van der Waals surface area contributed by atoms with Crippen molar-refractivity contribution in [3.8, 4) is 0 Å². The summed E-state index contributed by atoms with van der Waals surface area (Å²) in [5.41, 5.74) is 0.585. The van der Waals surface area contributed by atoms with Crippen LogP contribution in [0.2, 0.25) is 0 Å². The highest BCUT2D eigenvalue weighted by molar-refractivity contribution is 7.22. The molecule has 3 aromatic rings. The molecule has 1 aliphatic heterocycles. The summed E-state index contributed by atoms with van der Waals surface area (Å²) in [6.07, 6.45) is 0.591. The molecule has 2 N–H and O–H groups in total. The lowest BCUT2D eigenvalue weighted by Gasteiger charge is -2.40. The average molecular weight is 543 g/mol. The maximum absolute atomic E-state index is 14.6. The maximum Gasteiger partial charge on any atom is 0.324 e. The van der Waals surface area contributed by atoms with Crippen molar-refractivity contribution in [1.29, 1.82) is 0 Å². The van der Waals surface area contributed by atoms with Gasteiger partial charge in [-0.05, 0) is 37.5 Å². The topological polar surface area (TPSA) is 68.7 Å². The highest BCUT2D eigenvalue weighted by Crippen LogP contribution is 2.29. The molecular formula is C26H34F4N4O2S. The third-order valence-electron chi connectivity index (χ3n) is 5.59. The number of aryl methyl sites for hydroxylation is 1. The second kappa shape index (κ2) is 14.1. The number of halogens is 4. The lowest BCUT2D eigenvalue weighted by Crippen LogP contribution is -2.55. The Labute approximate surface area is 218 Å². The van der Waals surface area contributed by atoms with E-state index in [-0.39, 0.29) is 54.1 Å². The molecule has 1 saturated heterocycles. The number of fused-ring (bicyclic) bond motifs is 1. The lowest BCUT2D eigenvalue weighted by atomic mass is 10.1. The number of aliphatic hydroxyl groups is 1. The van der Waals surface area contributed by atoms with Gasteiger partial charge in [0.1, 0.15) is 11.6 Å². The van der Waals surface area contributed by atoms with Gasteiger partial charge in [-0.3, -0.25) is 5.32 Å². The summed E-state index contributed by atoms with van der Waals surface area (Å²) < 4.78 is 56.3. The van der Waals surface area contributed by atoms with Crippen molar-refractivity contribution in [3.05, 3.63) is 53.1 Å². The summed E-state index contributed by atoms with van der Waals surface area (Å²) in [7, 11) is 0. The van der Waals surface area contributed by atoms with E-state index in [2.05, 4.69) is 10.3 Å². The number of carbonyl (C=O) groups is 1. The van der Waals surface area contributed by atoms with Crippen molar-refractivity contribution in [2.45, 2.75) is 53.5 Å². The number of nitrogens with zero attached hydrogens (tertiary/aromatic N) is 3. The van der Waals surface area contributed by atoms with Crippen LogP contribution in [0, 0.1) is 23.3 Å². The van der Waals surface area contributed by atoms with Crippen LogP contribution in [0.3, 0.4) is 0 Å². The molecule has 0 bridgehead atoms. The summed E-state index contributed by atoms with van der Waals surface area (Å²) in [6, 6.07) is 3.56. The number of anilines is 2. The van der Waals surface area contributed by atoms with E-state index in [4.69, 9.17) is 5.11 Å². The number of nitrogens with one attached hydrogen (secondary N) is 1. The Morgan fingerprint density at radius 1 is 1.03 bits per heavy atom. The number of benzene rings is 2. The third kappa shape index (κ3) is 7.32. The second-order valence-electron chi connectivity index (χ2n) is 7.89. The van der Waals surface area contributed by atoms with E-state index in [0.717, 1.165) is 35.6 Å². The van der Waals surface area contributed by atoms with Crippen LogP contribution in [0.4, 0.5) is 33.2 Å². The van der Waals surface area contributed by atoms with E-state index >= 15 is 0 Å². The molecule has 0 saturated carbocycles. The normalized spacial score (nSPS) is 15.0. The molecule has 1 atom stereocenters. The van der Waals surface area contributed by atoms with Gasteiger partial charge in [0, 0.05) is 44.4 Å². The number of urea groups is 1. The van der Waals surface area contributed by atoms with Crippen LogP contribution in [-0.2, 0) is 6.42 Å². The Morgan fingerprint density at radius 2 is 1.70 bits per heavy atom. The molecule has 11 heteroatoms. The fourth-order valence-corrected chi connectivity index (χ4v) is 4.76. The van der Waals surface area contributed by atoms with E-state index in [0.29, 0.717) is 17.7 Å². The number of thiazole rings is 1. The number of aliphatic hydroxyl groups excluding tert-OH is 1. The monoisotopic (exact) mass is 542 g/mol. The third-order valence-corrected chi connectivity index (χ3v) is 6.53. The first-order valence-corrected chi connectivity index (χ1v) is 13.3. The molecule has 0 aliphatic carbocycles. The van der Waals surface area contributed by atoms with Crippen LogP contribution < -0.4 is 10.2 Å². The van der Waals surface area contributed by atoms with Gasteiger partial charge in [0.15, 0.2) is 16.8 Å². The van der Waals surface area contributed by atoms with Crippen LogP contribution in [-0.4, -0.2) is 53.3 Å².